The molecule has 5 nitrogen and oxygen atoms in total. The lowest BCUT2D eigenvalue weighted by molar-refractivity contribution is -0.0903. The van der Waals surface area contributed by atoms with E-state index < -0.39 is 23.8 Å². The molecule has 0 aliphatic carbocycles. The molecule has 1 heterocycles. The number of ether oxygens (including phenoxy) is 3. The molecule has 0 spiro atoms. The molecular weight excluding hydrogens is 199 g/mol. The van der Waals surface area contributed by atoms with E-state index in [4.69, 9.17) is 27.2 Å². The second-order valence-corrected chi connectivity index (χ2v) is 3.83. The predicted octanol–water partition coefficient (Wildman–Crippen LogP) is -1.35. The van der Waals surface area contributed by atoms with Gasteiger partial charge < -0.3 is 24.4 Å². The van der Waals surface area contributed by atoms with Crippen molar-refractivity contribution < 1.29 is 24.4 Å². The smallest absolute Gasteiger partial charge is 0.116 e. The second kappa shape index (κ2) is 5.27. The SMILES string of the molecule is [B][C@@H]1O[C@](C)(CO)[C@@H](O)[C@H]1OCCOC. The largest absolute Gasteiger partial charge is 0.393 e. The third-order valence-corrected chi connectivity index (χ3v) is 2.58. The summed E-state index contributed by atoms with van der Waals surface area (Å²) in [6, 6.07) is -0.728. The molecule has 0 bridgehead atoms. The van der Waals surface area contributed by atoms with Crippen LogP contribution in [0.2, 0.25) is 0 Å². The summed E-state index contributed by atoms with van der Waals surface area (Å²) in [6.45, 7) is 2.05. The summed E-state index contributed by atoms with van der Waals surface area (Å²) in [6.07, 6.45) is -1.56. The van der Waals surface area contributed by atoms with E-state index in [-0.39, 0.29) is 6.61 Å². The van der Waals surface area contributed by atoms with E-state index in [1.165, 1.54) is 0 Å². The first-order chi connectivity index (χ1) is 7.05. The molecule has 1 fully saturated rings. The minimum absolute atomic E-state index is 0.300. The van der Waals surface area contributed by atoms with Crippen LogP contribution >= 0.6 is 0 Å². The van der Waals surface area contributed by atoms with Gasteiger partial charge >= 0.3 is 0 Å². The van der Waals surface area contributed by atoms with Gasteiger partial charge in [0.1, 0.15) is 25.7 Å². The zero-order chi connectivity index (χ0) is 11.5. The molecule has 0 aromatic heterocycles. The lowest BCUT2D eigenvalue weighted by atomic mass is 9.90. The van der Waals surface area contributed by atoms with E-state index in [2.05, 4.69) is 0 Å². The van der Waals surface area contributed by atoms with E-state index in [1.807, 2.05) is 0 Å². The predicted molar refractivity (Wildman–Crippen MR) is 53.7 cm³/mol. The Morgan fingerprint density at radius 2 is 2.13 bits per heavy atom. The molecule has 6 heteroatoms. The molecule has 1 rings (SSSR count). The van der Waals surface area contributed by atoms with Crippen molar-refractivity contribution in [3.05, 3.63) is 0 Å². The summed E-state index contributed by atoms with van der Waals surface area (Å²) in [7, 11) is 7.20. The van der Waals surface area contributed by atoms with Crippen LogP contribution in [-0.4, -0.2) is 68.8 Å². The van der Waals surface area contributed by atoms with Gasteiger partial charge in [-0.1, -0.05) is 0 Å². The van der Waals surface area contributed by atoms with Gasteiger partial charge in [0.2, 0.25) is 0 Å². The Labute approximate surface area is 90.7 Å². The van der Waals surface area contributed by atoms with E-state index in [0.717, 1.165) is 0 Å². The molecule has 0 aromatic carbocycles. The van der Waals surface area contributed by atoms with Crippen LogP contribution in [0, 0.1) is 0 Å². The lowest BCUT2D eigenvalue weighted by Gasteiger charge is -2.25. The van der Waals surface area contributed by atoms with Gasteiger partial charge in [-0.25, -0.2) is 0 Å². The molecule has 1 saturated heterocycles. The van der Waals surface area contributed by atoms with Gasteiger partial charge in [-0.15, -0.1) is 0 Å². The van der Waals surface area contributed by atoms with Gasteiger partial charge in [-0.3, -0.25) is 0 Å². The normalized spacial score (nSPS) is 40.9. The fourth-order valence-electron chi connectivity index (χ4n) is 1.56. The monoisotopic (exact) mass is 216 g/mol. The first kappa shape index (κ1) is 12.9. The zero-order valence-corrected chi connectivity index (χ0v) is 9.05. The number of hydrogen-bond acceptors (Lipinski definition) is 5. The number of hydrogen-bond donors (Lipinski definition) is 2. The molecule has 0 aromatic rings. The lowest BCUT2D eigenvalue weighted by Crippen LogP contribution is -2.44. The summed E-state index contributed by atoms with van der Waals surface area (Å²) in [5, 5.41) is 18.9. The number of rotatable bonds is 5. The Balaban J connectivity index is 2.51. The number of aliphatic hydroxyl groups excluding tert-OH is 2. The Morgan fingerprint density at radius 1 is 1.47 bits per heavy atom. The Hall–Kier alpha value is -0.135. The highest BCUT2D eigenvalue weighted by atomic mass is 16.6. The van der Waals surface area contributed by atoms with E-state index in [0.29, 0.717) is 13.2 Å². The summed E-state index contributed by atoms with van der Waals surface area (Å²) in [4.78, 5) is 0. The topological polar surface area (TPSA) is 68.2 Å². The van der Waals surface area contributed by atoms with E-state index in [9.17, 15) is 5.11 Å². The van der Waals surface area contributed by atoms with Crippen molar-refractivity contribution in [1.29, 1.82) is 0 Å². The van der Waals surface area contributed by atoms with Gasteiger partial charge in [0.05, 0.1) is 19.8 Å². The first-order valence-corrected chi connectivity index (χ1v) is 4.88. The third kappa shape index (κ3) is 2.70. The molecule has 2 radical (unpaired) electrons. The molecule has 86 valence electrons. The molecular formula is C9H17BO5. The summed E-state index contributed by atoms with van der Waals surface area (Å²) < 4.78 is 15.4. The highest BCUT2D eigenvalue weighted by Crippen LogP contribution is 2.31. The minimum atomic E-state index is -1.04. The van der Waals surface area contributed by atoms with Gasteiger partial charge in [-0.2, -0.15) is 0 Å². The fourth-order valence-corrected chi connectivity index (χ4v) is 1.56. The molecule has 0 amide bonds. The Morgan fingerprint density at radius 3 is 2.60 bits per heavy atom. The maximum absolute atomic E-state index is 9.85. The van der Waals surface area contributed by atoms with Crippen molar-refractivity contribution in [3.8, 4) is 0 Å². The van der Waals surface area contributed by atoms with Crippen LogP contribution in [0.15, 0.2) is 0 Å². The van der Waals surface area contributed by atoms with E-state index >= 15 is 0 Å². The number of methoxy groups -OCH3 is 1. The van der Waals surface area contributed by atoms with Crippen molar-refractivity contribution in [2.75, 3.05) is 26.9 Å². The van der Waals surface area contributed by atoms with Crippen LogP contribution in [0.1, 0.15) is 6.92 Å². The van der Waals surface area contributed by atoms with Gasteiger partial charge in [0.25, 0.3) is 0 Å². The van der Waals surface area contributed by atoms with Crippen molar-refractivity contribution in [2.24, 2.45) is 0 Å². The first-order valence-electron chi connectivity index (χ1n) is 4.88. The summed E-state index contributed by atoms with van der Waals surface area (Å²) in [5.74, 6) is 0. The Bertz CT molecular complexity index is 203. The quantitative estimate of drug-likeness (QED) is 0.439. The van der Waals surface area contributed by atoms with Crippen LogP contribution in [-0.2, 0) is 14.2 Å². The summed E-state index contributed by atoms with van der Waals surface area (Å²) >= 11 is 0. The molecule has 4 atom stereocenters. The summed E-state index contributed by atoms with van der Waals surface area (Å²) in [5.41, 5.74) is -1.04. The average Bonchev–Trinajstić information content (AvgIpc) is 2.42. The van der Waals surface area contributed by atoms with Crippen molar-refractivity contribution in [3.63, 3.8) is 0 Å². The van der Waals surface area contributed by atoms with Gasteiger partial charge in [0, 0.05) is 13.1 Å². The van der Waals surface area contributed by atoms with Crippen LogP contribution in [0.3, 0.4) is 0 Å². The fraction of sp³-hybridized carbons (Fsp3) is 1.00. The zero-order valence-electron chi connectivity index (χ0n) is 9.05. The third-order valence-electron chi connectivity index (χ3n) is 2.58. The maximum Gasteiger partial charge on any atom is 0.116 e. The standard InChI is InChI=1S/C9H17BO5/c1-9(5-11)7(12)6(8(10)15-9)14-4-3-13-2/h6-8,11-12H,3-5H2,1-2H3/t6-,7+,8-,9-/m1/s1. The second-order valence-electron chi connectivity index (χ2n) is 3.83. The molecule has 0 unspecified atom stereocenters. The highest BCUT2D eigenvalue weighted by molar-refractivity contribution is 6.11. The minimum Gasteiger partial charge on any atom is -0.393 e. The Kier molecular flexibility index (Phi) is 4.54. The molecule has 1 aliphatic rings. The van der Waals surface area contributed by atoms with Crippen LogP contribution in [0.5, 0.6) is 0 Å². The van der Waals surface area contributed by atoms with Crippen molar-refractivity contribution in [2.45, 2.75) is 30.7 Å². The van der Waals surface area contributed by atoms with Crippen LogP contribution in [0.25, 0.3) is 0 Å². The molecule has 15 heavy (non-hydrogen) atoms. The maximum atomic E-state index is 9.85. The molecule has 2 N–H and O–H groups in total. The highest BCUT2D eigenvalue weighted by Gasteiger charge is 2.49. The average molecular weight is 216 g/mol. The molecule has 1 aliphatic heterocycles. The van der Waals surface area contributed by atoms with Crippen molar-refractivity contribution in [1.82, 2.24) is 0 Å². The van der Waals surface area contributed by atoms with Gasteiger partial charge in [0.15, 0.2) is 0 Å². The van der Waals surface area contributed by atoms with E-state index in [1.54, 1.807) is 14.0 Å². The molecule has 0 saturated carbocycles. The van der Waals surface area contributed by atoms with Crippen LogP contribution < -0.4 is 0 Å². The van der Waals surface area contributed by atoms with Crippen LogP contribution in [0.4, 0.5) is 0 Å². The van der Waals surface area contributed by atoms with Crippen molar-refractivity contribution >= 4 is 7.85 Å². The number of aliphatic hydroxyl groups is 2. The van der Waals surface area contributed by atoms with Gasteiger partial charge in [-0.05, 0) is 6.92 Å².